The van der Waals surface area contributed by atoms with Crippen LogP contribution in [0.5, 0.6) is 0 Å². The molecule has 0 radical (unpaired) electrons. The highest BCUT2D eigenvalue weighted by Gasteiger charge is 2.35. The fourth-order valence-electron chi connectivity index (χ4n) is 1.80. The standard InChI is InChI=1S/C10H18N2O4/c1-11(6-7-16-2)10(15)12-5-3-4-8(12)9(13)14/h8H,3-7H2,1-2H3,(H,13,14)/t8-/m1/s1. The van der Waals surface area contributed by atoms with Crippen LogP contribution in [0.25, 0.3) is 0 Å². The summed E-state index contributed by atoms with van der Waals surface area (Å²) >= 11 is 0. The number of hydrogen-bond acceptors (Lipinski definition) is 3. The predicted molar refractivity (Wildman–Crippen MR) is 57.3 cm³/mol. The molecule has 1 N–H and O–H groups in total. The fourth-order valence-corrected chi connectivity index (χ4v) is 1.80. The van der Waals surface area contributed by atoms with E-state index >= 15 is 0 Å². The van der Waals surface area contributed by atoms with Gasteiger partial charge in [0.1, 0.15) is 6.04 Å². The monoisotopic (exact) mass is 230 g/mol. The summed E-state index contributed by atoms with van der Waals surface area (Å²) in [6.45, 7) is 1.44. The van der Waals surface area contributed by atoms with E-state index in [1.54, 1.807) is 14.2 Å². The van der Waals surface area contributed by atoms with E-state index in [2.05, 4.69) is 0 Å². The van der Waals surface area contributed by atoms with Gasteiger partial charge in [-0.3, -0.25) is 0 Å². The minimum atomic E-state index is -0.925. The molecule has 0 saturated carbocycles. The Bertz CT molecular complexity index is 270. The number of carbonyl (C=O) groups is 2. The lowest BCUT2D eigenvalue weighted by Gasteiger charge is -2.27. The van der Waals surface area contributed by atoms with E-state index in [0.29, 0.717) is 26.1 Å². The summed E-state index contributed by atoms with van der Waals surface area (Å²) in [5, 5.41) is 8.95. The molecule has 1 aliphatic rings. The lowest BCUT2D eigenvalue weighted by molar-refractivity contribution is -0.141. The van der Waals surface area contributed by atoms with E-state index in [1.165, 1.54) is 9.80 Å². The van der Waals surface area contributed by atoms with E-state index in [4.69, 9.17) is 9.84 Å². The number of amides is 2. The van der Waals surface area contributed by atoms with Crippen molar-refractivity contribution in [1.29, 1.82) is 0 Å². The van der Waals surface area contributed by atoms with E-state index in [9.17, 15) is 9.59 Å². The molecule has 1 rings (SSSR count). The molecule has 0 aromatic heterocycles. The molecular weight excluding hydrogens is 212 g/mol. The van der Waals surface area contributed by atoms with Crippen LogP contribution in [0.3, 0.4) is 0 Å². The summed E-state index contributed by atoms with van der Waals surface area (Å²) < 4.78 is 4.87. The zero-order valence-corrected chi connectivity index (χ0v) is 9.68. The molecule has 1 saturated heterocycles. The zero-order valence-electron chi connectivity index (χ0n) is 9.68. The van der Waals surface area contributed by atoms with Crippen LogP contribution in [0.4, 0.5) is 4.79 Å². The minimum Gasteiger partial charge on any atom is -0.480 e. The maximum atomic E-state index is 11.9. The Morgan fingerprint density at radius 3 is 2.81 bits per heavy atom. The lowest BCUT2D eigenvalue weighted by atomic mass is 10.2. The molecule has 16 heavy (non-hydrogen) atoms. The van der Waals surface area contributed by atoms with Crippen molar-refractivity contribution in [2.45, 2.75) is 18.9 Å². The van der Waals surface area contributed by atoms with Crippen LogP contribution in [0, 0.1) is 0 Å². The predicted octanol–water partition coefficient (Wildman–Crippen LogP) is 0.234. The van der Waals surface area contributed by atoms with Crippen molar-refractivity contribution in [3.63, 3.8) is 0 Å². The van der Waals surface area contributed by atoms with E-state index in [1.807, 2.05) is 0 Å². The second-order valence-corrected chi connectivity index (χ2v) is 3.89. The number of methoxy groups -OCH3 is 1. The number of urea groups is 1. The van der Waals surface area contributed by atoms with Crippen molar-refractivity contribution in [2.24, 2.45) is 0 Å². The number of hydrogen-bond donors (Lipinski definition) is 1. The van der Waals surface area contributed by atoms with Crippen LogP contribution in [-0.2, 0) is 9.53 Å². The Kier molecular flexibility index (Phi) is 4.54. The van der Waals surface area contributed by atoms with Crippen LogP contribution in [0.2, 0.25) is 0 Å². The molecule has 0 spiro atoms. The summed E-state index contributed by atoms with van der Waals surface area (Å²) in [4.78, 5) is 25.7. The minimum absolute atomic E-state index is 0.234. The number of likely N-dealkylation sites (tertiary alicyclic amines) is 1. The van der Waals surface area contributed by atoms with Crippen LogP contribution in [0.1, 0.15) is 12.8 Å². The van der Waals surface area contributed by atoms with Gasteiger partial charge in [-0.1, -0.05) is 0 Å². The molecule has 1 fully saturated rings. The van der Waals surface area contributed by atoms with Gasteiger partial charge in [0.2, 0.25) is 0 Å². The number of carboxylic acid groups (broad SMARTS) is 1. The number of likely N-dealkylation sites (N-methyl/N-ethyl adjacent to an activating group) is 1. The Morgan fingerprint density at radius 2 is 2.25 bits per heavy atom. The smallest absolute Gasteiger partial charge is 0.326 e. The lowest BCUT2D eigenvalue weighted by Crippen LogP contribution is -2.47. The third-order valence-electron chi connectivity index (χ3n) is 2.74. The molecule has 0 bridgehead atoms. The van der Waals surface area contributed by atoms with Gasteiger partial charge in [-0.2, -0.15) is 0 Å². The van der Waals surface area contributed by atoms with Crippen molar-refractivity contribution in [2.75, 3.05) is 33.9 Å². The molecule has 1 aliphatic heterocycles. The van der Waals surface area contributed by atoms with Crippen LogP contribution < -0.4 is 0 Å². The highest BCUT2D eigenvalue weighted by Crippen LogP contribution is 2.18. The fraction of sp³-hybridized carbons (Fsp3) is 0.800. The second kappa shape index (κ2) is 5.69. The average Bonchev–Trinajstić information content (AvgIpc) is 2.73. The number of rotatable bonds is 4. The molecule has 0 aliphatic carbocycles. The van der Waals surface area contributed by atoms with Crippen LogP contribution >= 0.6 is 0 Å². The quantitative estimate of drug-likeness (QED) is 0.750. The highest BCUT2D eigenvalue weighted by molar-refractivity contribution is 5.83. The van der Waals surface area contributed by atoms with Crippen molar-refractivity contribution in [1.82, 2.24) is 9.80 Å². The summed E-state index contributed by atoms with van der Waals surface area (Å²) in [6.07, 6.45) is 1.29. The molecule has 92 valence electrons. The van der Waals surface area contributed by atoms with Gasteiger partial charge in [-0.05, 0) is 12.8 Å². The van der Waals surface area contributed by atoms with Crippen LogP contribution in [-0.4, -0.2) is 66.8 Å². The molecule has 0 aromatic carbocycles. The van der Waals surface area contributed by atoms with Gasteiger partial charge in [0.15, 0.2) is 0 Å². The molecule has 6 heteroatoms. The summed E-state index contributed by atoms with van der Waals surface area (Å²) in [7, 11) is 3.22. The van der Waals surface area contributed by atoms with Gasteiger partial charge in [-0.25, -0.2) is 9.59 Å². The number of carboxylic acids is 1. The van der Waals surface area contributed by atoms with Crippen molar-refractivity contribution in [3.05, 3.63) is 0 Å². The van der Waals surface area contributed by atoms with E-state index in [-0.39, 0.29) is 6.03 Å². The molecular formula is C10H18N2O4. The highest BCUT2D eigenvalue weighted by atomic mass is 16.5. The Hall–Kier alpha value is -1.30. The van der Waals surface area contributed by atoms with Crippen molar-refractivity contribution < 1.29 is 19.4 Å². The molecule has 1 heterocycles. The van der Waals surface area contributed by atoms with Gasteiger partial charge in [0, 0.05) is 27.2 Å². The maximum Gasteiger partial charge on any atom is 0.326 e. The maximum absolute atomic E-state index is 11.9. The summed E-state index contributed by atoms with van der Waals surface area (Å²) in [5.41, 5.74) is 0. The molecule has 1 atom stereocenters. The molecule has 2 amide bonds. The third kappa shape index (κ3) is 2.85. The molecule has 0 aromatic rings. The van der Waals surface area contributed by atoms with Gasteiger partial charge >= 0.3 is 12.0 Å². The number of aliphatic carboxylic acids is 1. The number of nitrogens with zero attached hydrogens (tertiary/aromatic N) is 2. The largest absolute Gasteiger partial charge is 0.480 e. The first kappa shape index (κ1) is 12.8. The second-order valence-electron chi connectivity index (χ2n) is 3.89. The van der Waals surface area contributed by atoms with E-state index in [0.717, 1.165) is 6.42 Å². The SMILES string of the molecule is COCCN(C)C(=O)N1CCC[C@@H]1C(=O)O. The first-order valence-electron chi connectivity index (χ1n) is 5.31. The number of ether oxygens (including phenoxy) is 1. The molecule has 6 nitrogen and oxygen atoms in total. The topological polar surface area (TPSA) is 70.1 Å². The van der Waals surface area contributed by atoms with Crippen molar-refractivity contribution >= 4 is 12.0 Å². The molecule has 0 unspecified atom stereocenters. The van der Waals surface area contributed by atoms with Gasteiger partial charge in [-0.15, -0.1) is 0 Å². The Morgan fingerprint density at radius 1 is 1.56 bits per heavy atom. The van der Waals surface area contributed by atoms with Gasteiger partial charge in [0.25, 0.3) is 0 Å². The normalized spacial score (nSPS) is 19.9. The third-order valence-corrected chi connectivity index (χ3v) is 2.74. The first-order chi connectivity index (χ1) is 7.57. The van der Waals surface area contributed by atoms with Crippen molar-refractivity contribution in [3.8, 4) is 0 Å². The van der Waals surface area contributed by atoms with Gasteiger partial charge in [0.05, 0.1) is 6.61 Å². The Balaban J connectivity index is 2.55. The number of carbonyl (C=O) groups excluding carboxylic acids is 1. The Labute approximate surface area is 94.8 Å². The van der Waals surface area contributed by atoms with Crippen LogP contribution in [0.15, 0.2) is 0 Å². The average molecular weight is 230 g/mol. The summed E-state index contributed by atoms with van der Waals surface area (Å²) in [5.74, 6) is -0.925. The van der Waals surface area contributed by atoms with Gasteiger partial charge < -0.3 is 19.6 Å². The zero-order chi connectivity index (χ0) is 12.1. The summed E-state index contributed by atoms with van der Waals surface area (Å²) in [6, 6.07) is -0.903. The first-order valence-corrected chi connectivity index (χ1v) is 5.31. The van der Waals surface area contributed by atoms with E-state index < -0.39 is 12.0 Å².